The number of thiophene rings is 1. The number of piperazine rings is 1. The number of fused-ring (bicyclic) bond motifs is 1. The van der Waals surface area contributed by atoms with Gasteiger partial charge in [-0.1, -0.05) is 6.92 Å². The van der Waals surface area contributed by atoms with E-state index in [1.807, 2.05) is 11.8 Å². The lowest BCUT2D eigenvalue weighted by atomic mass is 10.2. The van der Waals surface area contributed by atoms with E-state index >= 15 is 0 Å². The number of aromatic nitrogens is 2. The van der Waals surface area contributed by atoms with Crippen LogP contribution in [-0.4, -0.2) is 64.9 Å². The molecule has 0 atom stereocenters. The van der Waals surface area contributed by atoms with Crippen LogP contribution in [-0.2, 0) is 11.3 Å². The number of amides is 1. The Balaban J connectivity index is 1.64. The number of likely N-dealkylation sites (tertiary alicyclic amines) is 1. The molecule has 2 fully saturated rings. The molecule has 2 saturated heterocycles. The van der Waals surface area contributed by atoms with Crippen molar-refractivity contribution >= 4 is 33.3 Å². The lowest BCUT2D eigenvalue weighted by molar-refractivity contribution is -0.131. The monoisotopic (exact) mass is 387 g/mol. The zero-order valence-corrected chi connectivity index (χ0v) is 17.4. The molecule has 0 aromatic carbocycles. The van der Waals surface area contributed by atoms with Gasteiger partial charge in [0.05, 0.1) is 11.9 Å². The molecular formula is C20H29N5OS. The van der Waals surface area contributed by atoms with Crippen LogP contribution in [0.4, 0.5) is 5.82 Å². The third kappa shape index (κ3) is 3.67. The number of nitrogens with zero attached hydrogens (tertiary/aromatic N) is 5. The van der Waals surface area contributed by atoms with Crippen molar-refractivity contribution in [3.63, 3.8) is 0 Å². The van der Waals surface area contributed by atoms with Crippen molar-refractivity contribution in [2.24, 2.45) is 0 Å². The highest BCUT2D eigenvalue weighted by Crippen LogP contribution is 2.35. The summed E-state index contributed by atoms with van der Waals surface area (Å²) < 4.78 is 0. The number of carbonyl (C=O) groups excluding carboxylic acids is 1. The van der Waals surface area contributed by atoms with Crippen LogP contribution in [0.1, 0.15) is 42.5 Å². The van der Waals surface area contributed by atoms with E-state index in [1.54, 1.807) is 11.3 Å². The fourth-order valence-corrected chi connectivity index (χ4v) is 5.15. The fraction of sp³-hybridized carbons (Fsp3) is 0.650. The SMILES string of the molecule is CCC(=O)N1CCN(c2nc(CN3CCCC3)nc3sc(C)c(C)c23)CC1. The molecule has 0 unspecified atom stereocenters. The molecule has 4 rings (SSSR count). The van der Waals surface area contributed by atoms with Crippen LogP contribution >= 0.6 is 11.3 Å². The van der Waals surface area contributed by atoms with E-state index in [-0.39, 0.29) is 5.91 Å². The molecule has 2 aromatic heterocycles. The Labute approximate surface area is 165 Å². The average Bonchev–Trinajstić information content (AvgIpc) is 3.29. The molecule has 2 aliphatic heterocycles. The minimum absolute atomic E-state index is 0.250. The normalized spacial score (nSPS) is 18.6. The van der Waals surface area contributed by atoms with Gasteiger partial charge in [-0.25, -0.2) is 9.97 Å². The van der Waals surface area contributed by atoms with Crippen LogP contribution in [0.2, 0.25) is 0 Å². The summed E-state index contributed by atoms with van der Waals surface area (Å²) in [6.45, 7) is 12.7. The Hall–Kier alpha value is -1.73. The van der Waals surface area contributed by atoms with E-state index in [1.165, 1.54) is 28.7 Å². The van der Waals surface area contributed by atoms with Crippen LogP contribution in [0, 0.1) is 13.8 Å². The third-order valence-corrected chi connectivity index (χ3v) is 6.96. The maximum Gasteiger partial charge on any atom is 0.222 e. The topological polar surface area (TPSA) is 52.6 Å². The minimum atomic E-state index is 0.250. The van der Waals surface area contributed by atoms with Crippen molar-refractivity contribution in [1.82, 2.24) is 19.8 Å². The summed E-state index contributed by atoms with van der Waals surface area (Å²) in [7, 11) is 0. The molecular weight excluding hydrogens is 358 g/mol. The van der Waals surface area contributed by atoms with Crippen LogP contribution in [0.15, 0.2) is 0 Å². The summed E-state index contributed by atoms with van der Waals surface area (Å²) in [6.07, 6.45) is 3.14. The van der Waals surface area contributed by atoms with Gasteiger partial charge < -0.3 is 9.80 Å². The van der Waals surface area contributed by atoms with E-state index in [9.17, 15) is 4.79 Å². The van der Waals surface area contributed by atoms with Gasteiger partial charge in [0.25, 0.3) is 0 Å². The smallest absolute Gasteiger partial charge is 0.222 e. The molecule has 7 heteroatoms. The van der Waals surface area contributed by atoms with Gasteiger partial charge in [0.15, 0.2) is 0 Å². The lowest BCUT2D eigenvalue weighted by Gasteiger charge is -2.36. The molecule has 0 N–H and O–H groups in total. The quantitative estimate of drug-likeness (QED) is 0.807. The highest BCUT2D eigenvalue weighted by atomic mass is 32.1. The maximum absolute atomic E-state index is 12.0. The Morgan fingerprint density at radius 2 is 1.74 bits per heavy atom. The van der Waals surface area contributed by atoms with Crippen molar-refractivity contribution in [3.8, 4) is 0 Å². The Morgan fingerprint density at radius 3 is 2.41 bits per heavy atom. The lowest BCUT2D eigenvalue weighted by Crippen LogP contribution is -2.49. The second kappa shape index (κ2) is 7.72. The number of hydrogen-bond acceptors (Lipinski definition) is 6. The zero-order valence-electron chi connectivity index (χ0n) is 16.6. The van der Waals surface area contributed by atoms with Crippen LogP contribution in [0.3, 0.4) is 0 Å². The molecule has 1 amide bonds. The highest BCUT2D eigenvalue weighted by Gasteiger charge is 2.25. The predicted octanol–water partition coefficient (Wildman–Crippen LogP) is 2.96. The Bertz CT molecular complexity index is 834. The number of aryl methyl sites for hydroxylation is 2. The summed E-state index contributed by atoms with van der Waals surface area (Å²) >= 11 is 1.78. The van der Waals surface area contributed by atoms with Crippen molar-refractivity contribution in [3.05, 3.63) is 16.3 Å². The first-order valence-corrected chi connectivity index (χ1v) is 10.9. The average molecular weight is 388 g/mol. The summed E-state index contributed by atoms with van der Waals surface area (Å²) in [4.78, 5) is 31.2. The molecule has 0 spiro atoms. The van der Waals surface area contributed by atoms with Gasteiger partial charge in [0.1, 0.15) is 16.5 Å². The first kappa shape index (κ1) is 18.6. The fourth-order valence-electron chi connectivity index (χ4n) is 4.10. The Morgan fingerprint density at radius 1 is 1.04 bits per heavy atom. The first-order chi connectivity index (χ1) is 13.1. The van der Waals surface area contributed by atoms with Gasteiger partial charge in [0, 0.05) is 37.5 Å². The van der Waals surface area contributed by atoms with Crippen LogP contribution < -0.4 is 4.90 Å². The van der Waals surface area contributed by atoms with Crippen molar-refractivity contribution in [2.45, 2.75) is 46.6 Å². The van der Waals surface area contributed by atoms with E-state index in [0.717, 1.165) is 62.3 Å². The molecule has 27 heavy (non-hydrogen) atoms. The van der Waals surface area contributed by atoms with Crippen molar-refractivity contribution in [1.29, 1.82) is 0 Å². The summed E-state index contributed by atoms with van der Waals surface area (Å²) in [5.74, 6) is 2.26. The number of carbonyl (C=O) groups is 1. The van der Waals surface area contributed by atoms with Crippen LogP contribution in [0.25, 0.3) is 10.2 Å². The molecule has 0 radical (unpaired) electrons. The van der Waals surface area contributed by atoms with Gasteiger partial charge in [-0.2, -0.15) is 0 Å². The molecule has 6 nitrogen and oxygen atoms in total. The molecule has 0 bridgehead atoms. The van der Waals surface area contributed by atoms with E-state index in [2.05, 4.69) is 23.6 Å². The van der Waals surface area contributed by atoms with E-state index in [0.29, 0.717) is 6.42 Å². The van der Waals surface area contributed by atoms with Gasteiger partial charge in [0.2, 0.25) is 5.91 Å². The van der Waals surface area contributed by atoms with Gasteiger partial charge in [-0.05, 0) is 45.3 Å². The largest absolute Gasteiger partial charge is 0.352 e. The number of rotatable bonds is 4. The molecule has 2 aromatic rings. The molecule has 0 saturated carbocycles. The minimum Gasteiger partial charge on any atom is -0.352 e. The van der Waals surface area contributed by atoms with Crippen LogP contribution in [0.5, 0.6) is 0 Å². The van der Waals surface area contributed by atoms with Gasteiger partial charge in [-0.3, -0.25) is 9.69 Å². The molecule has 146 valence electrons. The number of hydrogen-bond donors (Lipinski definition) is 0. The number of anilines is 1. The standard InChI is InChI=1S/C20H29N5OS/c1-4-17(26)24-9-11-25(12-10-24)19-18-14(2)15(3)27-20(18)22-16(21-19)13-23-7-5-6-8-23/h4-13H2,1-3H3. The zero-order chi connectivity index (χ0) is 19.0. The highest BCUT2D eigenvalue weighted by molar-refractivity contribution is 7.18. The molecule has 4 heterocycles. The maximum atomic E-state index is 12.0. The van der Waals surface area contributed by atoms with E-state index in [4.69, 9.17) is 9.97 Å². The summed E-state index contributed by atoms with van der Waals surface area (Å²) in [5.41, 5.74) is 1.30. The summed E-state index contributed by atoms with van der Waals surface area (Å²) in [6, 6.07) is 0. The van der Waals surface area contributed by atoms with E-state index < -0.39 is 0 Å². The third-order valence-electron chi connectivity index (χ3n) is 5.85. The second-order valence-corrected chi connectivity index (χ2v) is 8.83. The van der Waals surface area contributed by atoms with Crippen molar-refractivity contribution < 1.29 is 4.79 Å². The second-order valence-electron chi connectivity index (χ2n) is 7.63. The molecule has 2 aliphatic rings. The first-order valence-electron chi connectivity index (χ1n) is 10.1. The Kier molecular flexibility index (Phi) is 5.32. The van der Waals surface area contributed by atoms with Gasteiger partial charge >= 0.3 is 0 Å². The van der Waals surface area contributed by atoms with Gasteiger partial charge in [-0.15, -0.1) is 11.3 Å². The van der Waals surface area contributed by atoms with Crippen molar-refractivity contribution in [2.75, 3.05) is 44.2 Å². The molecule has 0 aliphatic carbocycles. The predicted molar refractivity (Wildman–Crippen MR) is 110 cm³/mol. The summed E-state index contributed by atoms with van der Waals surface area (Å²) in [5, 5.41) is 1.21.